The minimum atomic E-state index is -0.197. The van der Waals surface area contributed by atoms with Crippen molar-refractivity contribution in [1.82, 2.24) is 5.01 Å². The van der Waals surface area contributed by atoms with Crippen LogP contribution < -0.4 is 0 Å². The fourth-order valence-electron chi connectivity index (χ4n) is 3.70. The zero-order valence-electron chi connectivity index (χ0n) is 17.8. The van der Waals surface area contributed by atoms with Gasteiger partial charge in [0.1, 0.15) is 0 Å². The molecule has 4 rings (SSSR count). The summed E-state index contributed by atoms with van der Waals surface area (Å²) in [4.78, 5) is 13.5. The number of hydrogen-bond donors (Lipinski definition) is 0. The number of carbonyl (C=O) groups excluding carboxylic acids is 1. The van der Waals surface area contributed by atoms with Gasteiger partial charge in [-0.05, 0) is 58.5 Å². The van der Waals surface area contributed by atoms with Crippen molar-refractivity contribution >= 4 is 34.8 Å². The van der Waals surface area contributed by atoms with E-state index in [4.69, 9.17) is 28.3 Å². The van der Waals surface area contributed by atoms with Crippen molar-refractivity contribution in [1.29, 1.82) is 0 Å². The molecule has 5 heteroatoms. The molecule has 1 aliphatic rings. The molecule has 31 heavy (non-hydrogen) atoms. The number of rotatable bonds is 3. The van der Waals surface area contributed by atoms with Gasteiger partial charge in [-0.3, -0.25) is 4.79 Å². The number of nitrogens with zero attached hydrogens (tertiary/aromatic N) is 2. The van der Waals surface area contributed by atoms with E-state index in [2.05, 4.69) is 20.8 Å². The monoisotopic (exact) mass is 450 g/mol. The highest BCUT2D eigenvalue weighted by molar-refractivity contribution is 6.31. The van der Waals surface area contributed by atoms with E-state index in [0.717, 1.165) is 16.8 Å². The minimum Gasteiger partial charge on any atom is -0.267 e. The van der Waals surface area contributed by atoms with Crippen LogP contribution in [0.1, 0.15) is 60.3 Å². The van der Waals surface area contributed by atoms with Crippen molar-refractivity contribution in [2.75, 3.05) is 0 Å². The Hall–Kier alpha value is -2.62. The Labute approximate surface area is 193 Å². The molecule has 0 spiro atoms. The number of benzene rings is 3. The minimum absolute atomic E-state index is 0.0287. The van der Waals surface area contributed by atoms with Gasteiger partial charge in [0.15, 0.2) is 0 Å². The van der Waals surface area contributed by atoms with Crippen LogP contribution in [0.15, 0.2) is 77.9 Å². The van der Waals surface area contributed by atoms with Crippen molar-refractivity contribution in [3.8, 4) is 0 Å². The molecule has 0 radical (unpaired) electrons. The van der Waals surface area contributed by atoms with E-state index < -0.39 is 0 Å². The van der Waals surface area contributed by atoms with Crippen molar-refractivity contribution < 1.29 is 4.79 Å². The summed E-state index contributed by atoms with van der Waals surface area (Å²) in [7, 11) is 0. The second-order valence-corrected chi connectivity index (χ2v) is 9.68. The second kappa shape index (κ2) is 8.49. The van der Waals surface area contributed by atoms with Crippen molar-refractivity contribution in [2.24, 2.45) is 5.10 Å². The van der Waals surface area contributed by atoms with Crippen LogP contribution in [0.25, 0.3) is 0 Å². The van der Waals surface area contributed by atoms with E-state index in [-0.39, 0.29) is 17.4 Å². The quantitative estimate of drug-likeness (QED) is 0.412. The first-order chi connectivity index (χ1) is 14.7. The molecule has 3 nitrogen and oxygen atoms in total. The normalized spacial score (nSPS) is 16.4. The zero-order valence-corrected chi connectivity index (χ0v) is 19.3. The predicted octanol–water partition coefficient (Wildman–Crippen LogP) is 7.28. The van der Waals surface area contributed by atoms with Gasteiger partial charge in [0.2, 0.25) is 0 Å². The molecule has 0 aliphatic carbocycles. The maximum absolute atomic E-state index is 13.5. The maximum Gasteiger partial charge on any atom is 0.274 e. The van der Waals surface area contributed by atoms with Crippen molar-refractivity contribution in [2.45, 2.75) is 38.6 Å². The van der Waals surface area contributed by atoms with Gasteiger partial charge in [-0.15, -0.1) is 0 Å². The Morgan fingerprint density at radius 3 is 1.97 bits per heavy atom. The molecule has 0 saturated carbocycles. The smallest absolute Gasteiger partial charge is 0.267 e. The summed E-state index contributed by atoms with van der Waals surface area (Å²) in [6.45, 7) is 6.47. The molecule has 1 unspecified atom stereocenters. The van der Waals surface area contributed by atoms with Gasteiger partial charge in [0, 0.05) is 22.0 Å². The molecule has 3 aromatic rings. The van der Waals surface area contributed by atoms with Gasteiger partial charge in [0.05, 0.1) is 11.8 Å². The van der Waals surface area contributed by atoms with E-state index in [1.165, 1.54) is 5.56 Å². The predicted molar refractivity (Wildman–Crippen MR) is 128 cm³/mol. The van der Waals surface area contributed by atoms with Gasteiger partial charge in [-0.25, -0.2) is 5.01 Å². The third-order valence-electron chi connectivity index (χ3n) is 5.55. The SMILES string of the molecule is CC(C)(C)c1ccc(C(=O)N2N=C(c3ccc(Cl)cc3)CC2c2ccc(Cl)cc2)cc1. The Bertz CT molecular complexity index is 1110. The number of hydrazone groups is 1. The fourth-order valence-corrected chi connectivity index (χ4v) is 3.96. The molecule has 158 valence electrons. The van der Waals surface area contributed by atoms with Gasteiger partial charge in [0.25, 0.3) is 5.91 Å². The summed E-state index contributed by atoms with van der Waals surface area (Å²) in [6, 6.07) is 22.8. The van der Waals surface area contributed by atoms with Gasteiger partial charge >= 0.3 is 0 Å². The number of halogens is 2. The molecule has 0 aromatic heterocycles. The maximum atomic E-state index is 13.5. The van der Waals surface area contributed by atoms with E-state index >= 15 is 0 Å². The van der Waals surface area contributed by atoms with Crippen LogP contribution in [0.4, 0.5) is 0 Å². The van der Waals surface area contributed by atoms with Gasteiger partial charge in [-0.2, -0.15) is 5.10 Å². The van der Waals surface area contributed by atoms with E-state index in [1.807, 2.05) is 72.8 Å². The largest absolute Gasteiger partial charge is 0.274 e. The number of hydrogen-bond acceptors (Lipinski definition) is 2. The van der Waals surface area contributed by atoms with Gasteiger partial charge in [-0.1, -0.05) is 80.4 Å². The number of carbonyl (C=O) groups is 1. The molecule has 0 fully saturated rings. The zero-order chi connectivity index (χ0) is 22.2. The first-order valence-corrected chi connectivity index (χ1v) is 11.0. The lowest BCUT2D eigenvalue weighted by Crippen LogP contribution is -2.27. The molecule has 1 aliphatic heterocycles. The Morgan fingerprint density at radius 2 is 1.42 bits per heavy atom. The highest BCUT2D eigenvalue weighted by Gasteiger charge is 2.33. The summed E-state index contributed by atoms with van der Waals surface area (Å²) in [6.07, 6.45) is 0.620. The summed E-state index contributed by atoms with van der Waals surface area (Å²) >= 11 is 12.1. The van der Waals surface area contributed by atoms with Crippen molar-refractivity contribution in [3.63, 3.8) is 0 Å². The second-order valence-electron chi connectivity index (χ2n) is 8.80. The highest BCUT2D eigenvalue weighted by Crippen LogP contribution is 2.35. The average Bonchev–Trinajstić information content (AvgIpc) is 3.19. The Kier molecular flexibility index (Phi) is 5.92. The molecular weight excluding hydrogens is 427 g/mol. The standard InChI is InChI=1S/C26H24Cl2N2O/c1-26(2,3)20-10-4-19(5-11-20)25(31)30-24(18-8-14-22(28)15-9-18)16-23(29-30)17-6-12-21(27)13-7-17/h4-15,24H,16H2,1-3H3. The average molecular weight is 451 g/mol. The summed E-state index contributed by atoms with van der Waals surface area (Å²) in [5.41, 5.74) is 4.65. The molecule has 1 amide bonds. The van der Waals surface area contributed by atoms with Crippen LogP contribution in [0.5, 0.6) is 0 Å². The van der Waals surface area contributed by atoms with Crippen molar-refractivity contribution in [3.05, 3.63) is 105 Å². The third-order valence-corrected chi connectivity index (χ3v) is 6.05. The Balaban J connectivity index is 1.69. The lowest BCUT2D eigenvalue weighted by molar-refractivity contribution is 0.0711. The summed E-state index contributed by atoms with van der Waals surface area (Å²) in [5, 5.41) is 7.67. The molecule has 1 heterocycles. The van der Waals surface area contributed by atoms with Crippen LogP contribution in [0.2, 0.25) is 10.0 Å². The number of amides is 1. The van der Waals surface area contributed by atoms with E-state index in [0.29, 0.717) is 22.0 Å². The molecule has 0 N–H and O–H groups in total. The van der Waals surface area contributed by atoms with Crippen LogP contribution in [0, 0.1) is 0 Å². The molecule has 0 saturated heterocycles. The Morgan fingerprint density at radius 1 is 0.871 bits per heavy atom. The molecule has 3 aromatic carbocycles. The fraction of sp³-hybridized carbons (Fsp3) is 0.231. The molecular formula is C26H24Cl2N2O. The lowest BCUT2D eigenvalue weighted by atomic mass is 9.86. The highest BCUT2D eigenvalue weighted by atomic mass is 35.5. The van der Waals surface area contributed by atoms with Gasteiger partial charge < -0.3 is 0 Å². The first kappa shape index (κ1) is 21.6. The van der Waals surface area contributed by atoms with Crippen LogP contribution in [-0.2, 0) is 5.41 Å². The molecule has 0 bridgehead atoms. The van der Waals surface area contributed by atoms with Crippen LogP contribution >= 0.6 is 23.2 Å². The van der Waals surface area contributed by atoms with Crippen LogP contribution in [0.3, 0.4) is 0 Å². The first-order valence-electron chi connectivity index (χ1n) is 10.3. The topological polar surface area (TPSA) is 32.7 Å². The van der Waals surface area contributed by atoms with E-state index in [1.54, 1.807) is 5.01 Å². The van der Waals surface area contributed by atoms with E-state index in [9.17, 15) is 4.79 Å². The van der Waals surface area contributed by atoms with Crippen LogP contribution in [-0.4, -0.2) is 16.6 Å². The molecule has 1 atom stereocenters. The summed E-state index contributed by atoms with van der Waals surface area (Å²) < 4.78 is 0. The third kappa shape index (κ3) is 4.68. The lowest BCUT2D eigenvalue weighted by Gasteiger charge is -2.23. The summed E-state index contributed by atoms with van der Waals surface area (Å²) in [5.74, 6) is -0.121.